The highest BCUT2D eigenvalue weighted by molar-refractivity contribution is 9.10. The van der Waals surface area contributed by atoms with Crippen molar-refractivity contribution >= 4 is 33.6 Å². The number of amides is 2. The van der Waals surface area contributed by atoms with E-state index in [0.29, 0.717) is 33.8 Å². The van der Waals surface area contributed by atoms with E-state index in [4.69, 9.17) is 0 Å². The van der Waals surface area contributed by atoms with E-state index in [-0.39, 0.29) is 24.2 Å². The van der Waals surface area contributed by atoms with Crippen molar-refractivity contribution in [2.75, 3.05) is 18.4 Å². The average Bonchev–Trinajstić information content (AvgIpc) is 3.31. The van der Waals surface area contributed by atoms with Crippen LogP contribution in [0.4, 0.5) is 10.2 Å². The summed E-state index contributed by atoms with van der Waals surface area (Å²) < 4.78 is 15.8. The zero-order valence-corrected chi connectivity index (χ0v) is 21.4. The molecule has 2 amide bonds. The summed E-state index contributed by atoms with van der Waals surface area (Å²) in [5, 5.41) is 7.55. The van der Waals surface area contributed by atoms with Crippen molar-refractivity contribution in [1.82, 2.24) is 14.7 Å². The fourth-order valence-electron chi connectivity index (χ4n) is 3.76. The first-order valence-corrected chi connectivity index (χ1v) is 12.5. The van der Waals surface area contributed by atoms with E-state index in [1.807, 2.05) is 43.3 Å². The summed E-state index contributed by atoms with van der Waals surface area (Å²) in [6, 6.07) is 24.4. The smallest absolute Gasteiger partial charge is 0.255 e. The summed E-state index contributed by atoms with van der Waals surface area (Å²) in [5.41, 5.74) is 2.63. The first kappa shape index (κ1) is 25.3. The summed E-state index contributed by atoms with van der Waals surface area (Å²) in [6.07, 6.45) is 1.66. The molecule has 0 fully saturated rings. The van der Waals surface area contributed by atoms with E-state index in [1.54, 1.807) is 46.0 Å². The van der Waals surface area contributed by atoms with Gasteiger partial charge >= 0.3 is 0 Å². The maximum atomic E-state index is 13.5. The highest BCUT2D eigenvalue weighted by Gasteiger charge is 2.22. The number of hydrogen-bond acceptors (Lipinski definition) is 3. The van der Waals surface area contributed by atoms with E-state index in [1.165, 1.54) is 12.1 Å². The fraction of sp³-hybridized carbons (Fsp3) is 0.179. The van der Waals surface area contributed by atoms with Crippen molar-refractivity contribution in [3.8, 4) is 16.9 Å². The van der Waals surface area contributed by atoms with Crippen molar-refractivity contribution in [2.45, 2.75) is 19.8 Å². The Morgan fingerprint density at radius 1 is 1.00 bits per heavy atom. The number of nitrogens with zero attached hydrogens (tertiary/aromatic N) is 3. The van der Waals surface area contributed by atoms with Crippen LogP contribution in [0.1, 0.15) is 30.1 Å². The molecule has 8 heteroatoms. The fourth-order valence-corrected chi connectivity index (χ4v) is 4.22. The zero-order chi connectivity index (χ0) is 25.5. The Balaban J connectivity index is 1.60. The standard InChI is InChI=1S/C28H26BrFN4O2/c1-2-3-17-33(28(36)23-11-7-8-12-24(23)29)19-27(35)31-26-18-25(20-9-5-4-6-10-20)32-34(26)22-15-13-21(30)14-16-22/h4-16,18H,2-3,17,19H2,1H3,(H,31,35). The Morgan fingerprint density at radius 3 is 2.39 bits per heavy atom. The summed E-state index contributed by atoms with van der Waals surface area (Å²) in [7, 11) is 0. The molecule has 0 saturated carbocycles. The molecule has 0 saturated heterocycles. The van der Waals surface area contributed by atoms with Gasteiger partial charge in [-0.2, -0.15) is 5.10 Å². The lowest BCUT2D eigenvalue weighted by atomic mass is 10.1. The van der Waals surface area contributed by atoms with Gasteiger partial charge in [0, 0.05) is 22.6 Å². The van der Waals surface area contributed by atoms with Gasteiger partial charge in [-0.15, -0.1) is 0 Å². The molecular weight excluding hydrogens is 523 g/mol. The lowest BCUT2D eigenvalue weighted by molar-refractivity contribution is -0.117. The van der Waals surface area contributed by atoms with Crippen molar-refractivity contribution in [3.05, 3.63) is 101 Å². The van der Waals surface area contributed by atoms with Crippen LogP contribution in [0.15, 0.2) is 89.4 Å². The SMILES string of the molecule is CCCCN(CC(=O)Nc1cc(-c2ccccc2)nn1-c1ccc(F)cc1)C(=O)c1ccccc1Br. The first-order valence-electron chi connectivity index (χ1n) is 11.7. The number of hydrogen-bond donors (Lipinski definition) is 1. The minimum Gasteiger partial charge on any atom is -0.329 e. The number of aromatic nitrogens is 2. The van der Waals surface area contributed by atoms with Crippen LogP contribution < -0.4 is 5.32 Å². The molecule has 4 aromatic rings. The van der Waals surface area contributed by atoms with Gasteiger partial charge in [-0.3, -0.25) is 9.59 Å². The van der Waals surface area contributed by atoms with E-state index in [2.05, 4.69) is 26.3 Å². The molecule has 0 radical (unpaired) electrons. The number of rotatable bonds is 9. The predicted octanol–water partition coefficient (Wildman–Crippen LogP) is 6.32. The van der Waals surface area contributed by atoms with Gasteiger partial charge in [0.2, 0.25) is 5.91 Å². The van der Waals surface area contributed by atoms with Crippen LogP contribution in [0.5, 0.6) is 0 Å². The van der Waals surface area contributed by atoms with Gasteiger partial charge < -0.3 is 10.2 Å². The van der Waals surface area contributed by atoms with Crippen molar-refractivity contribution in [1.29, 1.82) is 0 Å². The number of halogens is 2. The normalized spacial score (nSPS) is 10.8. The second kappa shape index (κ2) is 11.8. The summed E-state index contributed by atoms with van der Waals surface area (Å²) >= 11 is 3.43. The molecular formula is C28H26BrFN4O2. The number of carbonyl (C=O) groups excluding carboxylic acids is 2. The molecule has 0 bridgehead atoms. The van der Waals surface area contributed by atoms with Gasteiger partial charge in [0.25, 0.3) is 5.91 Å². The number of unbranched alkanes of at least 4 members (excludes halogenated alkanes) is 1. The second-order valence-electron chi connectivity index (χ2n) is 8.28. The molecule has 3 aromatic carbocycles. The maximum absolute atomic E-state index is 13.5. The quantitative estimate of drug-likeness (QED) is 0.266. The molecule has 1 heterocycles. The molecule has 1 N–H and O–H groups in total. The van der Waals surface area contributed by atoms with Crippen LogP contribution in [-0.4, -0.2) is 39.6 Å². The predicted molar refractivity (Wildman–Crippen MR) is 143 cm³/mol. The Kier molecular flexibility index (Phi) is 8.28. The zero-order valence-electron chi connectivity index (χ0n) is 19.8. The van der Waals surface area contributed by atoms with Crippen LogP contribution in [0.3, 0.4) is 0 Å². The van der Waals surface area contributed by atoms with Gasteiger partial charge in [-0.1, -0.05) is 55.8 Å². The van der Waals surface area contributed by atoms with Crippen LogP contribution in [0, 0.1) is 5.82 Å². The van der Waals surface area contributed by atoms with Gasteiger partial charge in [-0.05, 0) is 58.7 Å². The molecule has 0 aliphatic carbocycles. The lowest BCUT2D eigenvalue weighted by Crippen LogP contribution is -2.39. The molecule has 0 aliphatic rings. The highest BCUT2D eigenvalue weighted by atomic mass is 79.9. The van der Waals surface area contributed by atoms with Crippen LogP contribution in [0.25, 0.3) is 16.9 Å². The Hall–Kier alpha value is -3.78. The van der Waals surface area contributed by atoms with Crippen LogP contribution >= 0.6 is 15.9 Å². The van der Waals surface area contributed by atoms with Gasteiger partial charge in [0.1, 0.15) is 18.2 Å². The minimum atomic E-state index is -0.364. The van der Waals surface area contributed by atoms with Crippen molar-refractivity contribution < 1.29 is 14.0 Å². The topological polar surface area (TPSA) is 67.2 Å². The summed E-state index contributed by atoms with van der Waals surface area (Å²) in [5.74, 6) is -0.511. The number of benzene rings is 3. The Morgan fingerprint density at radius 2 is 1.69 bits per heavy atom. The second-order valence-corrected chi connectivity index (χ2v) is 9.13. The third-order valence-electron chi connectivity index (χ3n) is 5.63. The number of anilines is 1. The van der Waals surface area contributed by atoms with E-state index < -0.39 is 0 Å². The molecule has 0 aliphatic heterocycles. The largest absolute Gasteiger partial charge is 0.329 e. The highest BCUT2D eigenvalue weighted by Crippen LogP contribution is 2.25. The monoisotopic (exact) mass is 548 g/mol. The van der Waals surface area contributed by atoms with E-state index in [9.17, 15) is 14.0 Å². The van der Waals surface area contributed by atoms with Crippen molar-refractivity contribution in [3.63, 3.8) is 0 Å². The molecule has 0 spiro atoms. The third-order valence-corrected chi connectivity index (χ3v) is 6.32. The third kappa shape index (κ3) is 6.07. The van der Waals surface area contributed by atoms with Gasteiger partial charge in [0.15, 0.2) is 0 Å². The molecule has 6 nitrogen and oxygen atoms in total. The van der Waals surface area contributed by atoms with Gasteiger partial charge in [0.05, 0.1) is 16.9 Å². The summed E-state index contributed by atoms with van der Waals surface area (Å²) in [6.45, 7) is 2.37. The van der Waals surface area contributed by atoms with E-state index >= 15 is 0 Å². The molecule has 184 valence electrons. The van der Waals surface area contributed by atoms with E-state index in [0.717, 1.165) is 18.4 Å². The summed E-state index contributed by atoms with van der Waals surface area (Å²) in [4.78, 5) is 28.0. The molecule has 1 aromatic heterocycles. The Labute approximate surface area is 217 Å². The lowest BCUT2D eigenvalue weighted by Gasteiger charge is -2.22. The maximum Gasteiger partial charge on any atom is 0.255 e. The van der Waals surface area contributed by atoms with Gasteiger partial charge in [-0.25, -0.2) is 9.07 Å². The van der Waals surface area contributed by atoms with Crippen LogP contribution in [0.2, 0.25) is 0 Å². The molecule has 4 rings (SSSR count). The first-order chi connectivity index (χ1) is 17.5. The minimum absolute atomic E-state index is 0.116. The average molecular weight is 549 g/mol. The molecule has 0 atom stereocenters. The molecule has 0 unspecified atom stereocenters. The Bertz CT molecular complexity index is 1340. The number of nitrogens with one attached hydrogen (secondary N) is 1. The molecule has 36 heavy (non-hydrogen) atoms. The van der Waals surface area contributed by atoms with Crippen molar-refractivity contribution in [2.24, 2.45) is 0 Å². The number of carbonyl (C=O) groups is 2. The van der Waals surface area contributed by atoms with Crippen LogP contribution in [-0.2, 0) is 4.79 Å².